The van der Waals surface area contributed by atoms with Crippen LogP contribution in [0.15, 0.2) is 12.1 Å². The SMILES string of the molecule is O=C(Nc1ccc(NC2CCCCC2)nn1)C1CCC1. The van der Waals surface area contributed by atoms with E-state index in [1.165, 1.54) is 32.1 Å². The number of nitrogens with one attached hydrogen (secondary N) is 2. The van der Waals surface area contributed by atoms with Gasteiger partial charge in [0.05, 0.1) is 0 Å². The Balaban J connectivity index is 1.52. The van der Waals surface area contributed by atoms with Crippen LogP contribution in [0.1, 0.15) is 51.4 Å². The van der Waals surface area contributed by atoms with Crippen molar-refractivity contribution in [2.24, 2.45) is 5.92 Å². The summed E-state index contributed by atoms with van der Waals surface area (Å²) in [5.74, 6) is 1.62. The van der Waals surface area contributed by atoms with E-state index in [4.69, 9.17) is 0 Å². The van der Waals surface area contributed by atoms with Gasteiger partial charge < -0.3 is 10.6 Å². The first-order valence-corrected chi connectivity index (χ1v) is 7.72. The molecule has 0 aliphatic heterocycles. The Bertz CT molecular complexity index is 449. The zero-order valence-corrected chi connectivity index (χ0v) is 11.8. The molecule has 1 amide bonds. The average molecular weight is 274 g/mol. The molecule has 5 heteroatoms. The highest BCUT2D eigenvalue weighted by Crippen LogP contribution is 2.27. The molecule has 108 valence electrons. The predicted molar refractivity (Wildman–Crippen MR) is 78.5 cm³/mol. The van der Waals surface area contributed by atoms with Crippen LogP contribution in [-0.4, -0.2) is 22.1 Å². The molecular formula is C15H22N4O. The molecule has 2 fully saturated rings. The summed E-state index contributed by atoms with van der Waals surface area (Å²) in [7, 11) is 0. The summed E-state index contributed by atoms with van der Waals surface area (Å²) in [5, 5.41) is 14.5. The Kier molecular flexibility index (Phi) is 4.14. The van der Waals surface area contributed by atoms with Crippen LogP contribution in [0.4, 0.5) is 11.6 Å². The summed E-state index contributed by atoms with van der Waals surface area (Å²) >= 11 is 0. The maximum atomic E-state index is 11.8. The highest BCUT2D eigenvalue weighted by Gasteiger charge is 2.25. The van der Waals surface area contributed by atoms with Gasteiger partial charge in [0.1, 0.15) is 5.82 Å². The van der Waals surface area contributed by atoms with E-state index in [0.717, 1.165) is 25.1 Å². The second-order valence-electron chi connectivity index (χ2n) is 5.90. The van der Waals surface area contributed by atoms with Crippen molar-refractivity contribution in [3.05, 3.63) is 12.1 Å². The number of amides is 1. The second-order valence-corrected chi connectivity index (χ2v) is 5.90. The lowest BCUT2D eigenvalue weighted by Crippen LogP contribution is -2.28. The van der Waals surface area contributed by atoms with Crippen molar-refractivity contribution in [2.45, 2.75) is 57.4 Å². The number of hydrogen-bond donors (Lipinski definition) is 2. The molecule has 1 aromatic rings. The van der Waals surface area contributed by atoms with Crippen molar-refractivity contribution in [2.75, 3.05) is 10.6 Å². The molecule has 0 saturated heterocycles. The molecule has 0 aromatic carbocycles. The van der Waals surface area contributed by atoms with Crippen molar-refractivity contribution < 1.29 is 4.79 Å². The minimum Gasteiger partial charge on any atom is -0.366 e. The molecule has 0 radical (unpaired) electrons. The molecule has 0 unspecified atom stereocenters. The molecule has 0 spiro atoms. The largest absolute Gasteiger partial charge is 0.366 e. The fourth-order valence-corrected chi connectivity index (χ4v) is 2.83. The van der Waals surface area contributed by atoms with Crippen molar-refractivity contribution in [3.63, 3.8) is 0 Å². The normalized spacial score (nSPS) is 20.2. The third kappa shape index (κ3) is 3.26. The van der Waals surface area contributed by atoms with Crippen molar-refractivity contribution in [3.8, 4) is 0 Å². The van der Waals surface area contributed by atoms with Gasteiger partial charge in [-0.15, -0.1) is 10.2 Å². The molecule has 5 nitrogen and oxygen atoms in total. The Morgan fingerprint density at radius 2 is 1.65 bits per heavy atom. The minimum absolute atomic E-state index is 0.0820. The van der Waals surface area contributed by atoms with E-state index in [0.29, 0.717) is 11.9 Å². The minimum atomic E-state index is 0.0820. The van der Waals surface area contributed by atoms with Crippen molar-refractivity contribution in [1.29, 1.82) is 0 Å². The number of carbonyl (C=O) groups excluding carboxylic acids is 1. The zero-order chi connectivity index (χ0) is 13.8. The van der Waals surface area contributed by atoms with Crippen LogP contribution < -0.4 is 10.6 Å². The van der Waals surface area contributed by atoms with Crippen LogP contribution in [0.5, 0.6) is 0 Å². The number of anilines is 2. The summed E-state index contributed by atoms with van der Waals surface area (Å²) < 4.78 is 0. The van der Waals surface area contributed by atoms with Crippen LogP contribution in [0.2, 0.25) is 0 Å². The maximum Gasteiger partial charge on any atom is 0.228 e. The Morgan fingerprint density at radius 1 is 0.950 bits per heavy atom. The smallest absolute Gasteiger partial charge is 0.228 e. The molecule has 2 saturated carbocycles. The number of nitrogens with zero attached hydrogens (tertiary/aromatic N) is 2. The summed E-state index contributed by atoms with van der Waals surface area (Å²) in [4.78, 5) is 11.8. The number of hydrogen-bond acceptors (Lipinski definition) is 4. The first-order chi connectivity index (χ1) is 9.81. The summed E-state index contributed by atoms with van der Waals surface area (Å²) in [6, 6.07) is 4.25. The molecule has 2 N–H and O–H groups in total. The van der Waals surface area contributed by atoms with Gasteiger partial charge in [-0.05, 0) is 37.8 Å². The van der Waals surface area contributed by atoms with E-state index in [1.54, 1.807) is 0 Å². The van der Waals surface area contributed by atoms with Gasteiger partial charge in [0.15, 0.2) is 5.82 Å². The highest BCUT2D eigenvalue weighted by molar-refractivity contribution is 5.92. The van der Waals surface area contributed by atoms with E-state index in [1.807, 2.05) is 12.1 Å². The van der Waals surface area contributed by atoms with Crippen LogP contribution in [0.3, 0.4) is 0 Å². The number of rotatable bonds is 4. The number of aromatic nitrogens is 2. The van der Waals surface area contributed by atoms with Gasteiger partial charge in [0.25, 0.3) is 0 Å². The van der Waals surface area contributed by atoms with Gasteiger partial charge in [-0.3, -0.25) is 4.79 Å². The Hall–Kier alpha value is -1.65. The van der Waals surface area contributed by atoms with Gasteiger partial charge in [0, 0.05) is 12.0 Å². The Morgan fingerprint density at radius 3 is 2.25 bits per heavy atom. The first-order valence-electron chi connectivity index (χ1n) is 7.72. The van der Waals surface area contributed by atoms with Crippen LogP contribution >= 0.6 is 0 Å². The van der Waals surface area contributed by atoms with Crippen molar-refractivity contribution >= 4 is 17.5 Å². The maximum absolute atomic E-state index is 11.8. The molecule has 20 heavy (non-hydrogen) atoms. The molecule has 0 atom stereocenters. The first kappa shape index (κ1) is 13.3. The third-order valence-electron chi connectivity index (χ3n) is 4.35. The third-order valence-corrected chi connectivity index (χ3v) is 4.35. The number of carbonyl (C=O) groups is 1. The van der Waals surface area contributed by atoms with Gasteiger partial charge >= 0.3 is 0 Å². The summed E-state index contributed by atoms with van der Waals surface area (Å²) in [6.07, 6.45) is 9.51. The molecule has 2 aliphatic carbocycles. The van der Waals surface area contributed by atoms with Gasteiger partial charge in [0.2, 0.25) is 5.91 Å². The standard InChI is InChI=1S/C15H22N4O/c20-15(11-5-4-6-11)17-14-10-9-13(18-19-14)16-12-7-2-1-3-8-12/h9-12H,1-8H2,(H,16,18)(H,17,19,20). The van der Waals surface area contributed by atoms with E-state index in [2.05, 4.69) is 20.8 Å². The average Bonchev–Trinajstić information content (AvgIpc) is 2.40. The zero-order valence-electron chi connectivity index (χ0n) is 11.8. The Labute approximate surface area is 119 Å². The fraction of sp³-hybridized carbons (Fsp3) is 0.667. The molecular weight excluding hydrogens is 252 g/mol. The lowest BCUT2D eigenvalue weighted by Gasteiger charge is -2.24. The predicted octanol–water partition coefficient (Wildman–Crippen LogP) is 2.96. The van der Waals surface area contributed by atoms with Crippen LogP contribution in [0, 0.1) is 5.92 Å². The van der Waals surface area contributed by atoms with E-state index in [9.17, 15) is 4.79 Å². The van der Waals surface area contributed by atoms with E-state index in [-0.39, 0.29) is 11.8 Å². The molecule has 3 rings (SSSR count). The van der Waals surface area contributed by atoms with Crippen LogP contribution in [0.25, 0.3) is 0 Å². The molecule has 0 bridgehead atoms. The van der Waals surface area contributed by atoms with E-state index >= 15 is 0 Å². The monoisotopic (exact) mass is 274 g/mol. The quantitative estimate of drug-likeness (QED) is 0.885. The lowest BCUT2D eigenvalue weighted by molar-refractivity contribution is -0.122. The van der Waals surface area contributed by atoms with Gasteiger partial charge in [-0.25, -0.2) is 0 Å². The highest BCUT2D eigenvalue weighted by atomic mass is 16.2. The molecule has 2 aliphatic rings. The fourth-order valence-electron chi connectivity index (χ4n) is 2.83. The topological polar surface area (TPSA) is 66.9 Å². The molecule has 1 aromatic heterocycles. The second kappa shape index (κ2) is 6.20. The van der Waals surface area contributed by atoms with Crippen LogP contribution in [-0.2, 0) is 4.79 Å². The summed E-state index contributed by atoms with van der Waals surface area (Å²) in [5.41, 5.74) is 0. The summed E-state index contributed by atoms with van der Waals surface area (Å²) in [6.45, 7) is 0. The van der Waals surface area contributed by atoms with Gasteiger partial charge in [-0.2, -0.15) is 0 Å². The van der Waals surface area contributed by atoms with Crippen molar-refractivity contribution in [1.82, 2.24) is 10.2 Å². The van der Waals surface area contributed by atoms with Gasteiger partial charge in [-0.1, -0.05) is 25.7 Å². The molecule has 1 heterocycles. The lowest BCUT2D eigenvalue weighted by atomic mass is 9.85. The van der Waals surface area contributed by atoms with E-state index < -0.39 is 0 Å².